The van der Waals surface area contributed by atoms with Gasteiger partial charge in [-0.1, -0.05) is 6.07 Å². The van der Waals surface area contributed by atoms with E-state index in [0.29, 0.717) is 12.8 Å². The number of carboxylic acid groups (broad SMARTS) is 1. The molecule has 3 unspecified atom stereocenters. The fourth-order valence-electron chi connectivity index (χ4n) is 3.59. The number of benzene rings is 1. The van der Waals surface area contributed by atoms with Gasteiger partial charge >= 0.3 is 5.97 Å². The average Bonchev–Trinajstić information content (AvgIpc) is 3.00. The van der Waals surface area contributed by atoms with Crippen molar-refractivity contribution in [2.24, 2.45) is 5.92 Å². The highest BCUT2D eigenvalue weighted by molar-refractivity contribution is 5.82. The third-order valence-electron chi connectivity index (χ3n) is 4.53. The summed E-state index contributed by atoms with van der Waals surface area (Å²) in [6.45, 7) is 0. The summed E-state index contributed by atoms with van der Waals surface area (Å²) in [7, 11) is 0. The first-order valence-corrected chi connectivity index (χ1v) is 6.96. The first-order chi connectivity index (χ1) is 9.99. The predicted octanol–water partition coefficient (Wildman–Crippen LogP) is 1.97. The molecule has 1 amide bonds. The van der Waals surface area contributed by atoms with Gasteiger partial charge < -0.3 is 10.0 Å². The number of carbonyl (C=O) groups excluding carboxylic acids is 1. The Balaban J connectivity index is 1.79. The van der Waals surface area contributed by atoms with Gasteiger partial charge in [-0.3, -0.25) is 9.59 Å². The molecule has 3 rings (SSSR count). The number of rotatable bonds is 3. The van der Waals surface area contributed by atoms with Crippen LogP contribution in [0.2, 0.25) is 0 Å². The highest BCUT2D eigenvalue weighted by atomic mass is 19.1. The van der Waals surface area contributed by atoms with Crippen molar-refractivity contribution in [3.8, 4) is 0 Å². The number of carbonyl (C=O) groups is 2. The maximum Gasteiger partial charge on any atom is 0.308 e. The number of hydrogen-bond acceptors (Lipinski definition) is 2. The summed E-state index contributed by atoms with van der Waals surface area (Å²) in [5.41, 5.74) is -0.249. The highest BCUT2D eigenvalue weighted by Crippen LogP contribution is 2.42. The monoisotopic (exact) mass is 295 g/mol. The second-order valence-corrected chi connectivity index (χ2v) is 5.66. The van der Waals surface area contributed by atoms with Crippen molar-refractivity contribution in [3.05, 3.63) is 35.4 Å². The van der Waals surface area contributed by atoms with Crippen LogP contribution in [0.4, 0.5) is 8.78 Å². The zero-order valence-corrected chi connectivity index (χ0v) is 11.3. The minimum Gasteiger partial charge on any atom is -0.481 e. The van der Waals surface area contributed by atoms with Crippen molar-refractivity contribution >= 4 is 11.9 Å². The Morgan fingerprint density at radius 3 is 2.48 bits per heavy atom. The molecule has 21 heavy (non-hydrogen) atoms. The zero-order chi connectivity index (χ0) is 15.1. The molecule has 0 saturated carbocycles. The summed E-state index contributed by atoms with van der Waals surface area (Å²) in [5.74, 6) is -3.35. The molecule has 112 valence electrons. The quantitative estimate of drug-likeness (QED) is 0.927. The molecule has 3 atom stereocenters. The van der Waals surface area contributed by atoms with E-state index >= 15 is 0 Å². The van der Waals surface area contributed by atoms with Gasteiger partial charge in [0.25, 0.3) is 0 Å². The molecule has 0 aromatic heterocycles. The van der Waals surface area contributed by atoms with Gasteiger partial charge in [-0.05, 0) is 31.4 Å². The molecule has 0 aliphatic carbocycles. The van der Waals surface area contributed by atoms with Crippen LogP contribution in [0.15, 0.2) is 18.2 Å². The van der Waals surface area contributed by atoms with Crippen molar-refractivity contribution in [1.82, 2.24) is 4.90 Å². The van der Waals surface area contributed by atoms with Crippen molar-refractivity contribution < 1.29 is 23.5 Å². The van der Waals surface area contributed by atoms with E-state index in [-0.39, 0.29) is 24.1 Å². The van der Waals surface area contributed by atoms with E-state index in [2.05, 4.69) is 0 Å². The minimum atomic E-state index is -0.905. The minimum absolute atomic E-state index is 0.113. The van der Waals surface area contributed by atoms with Gasteiger partial charge in [0.15, 0.2) is 0 Å². The molecule has 2 saturated heterocycles. The smallest absolute Gasteiger partial charge is 0.308 e. The topological polar surface area (TPSA) is 57.6 Å². The molecule has 1 aromatic rings. The molecule has 6 heteroatoms. The number of carboxylic acids is 1. The second-order valence-electron chi connectivity index (χ2n) is 5.66. The van der Waals surface area contributed by atoms with E-state index in [1.165, 1.54) is 11.0 Å². The van der Waals surface area contributed by atoms with Crippen molar-refractivity contribution in [2.75, 3.05) is 0 Å². The SMILES string of the molecule is O=C(O)C1CC2CCC1N2C(=O)Cc1c(F)cccc1F. The number of fused-ring (bicyclic) bond motifs is 2. The van der Waals surface area contributed by atoms with Gasteiger partial charge in [0.05, 0.1) is 12.3 Å². The maximum absolute atomic E-state index is 13.6. The highest BCUT2D eigenvalue weighted by Gasteiger charge is 2.51. The van der Waals surface area contributed by atoms with Gasteiger partial charge in [0.2, 0.25) is 5.91 Å². The molecular weight excluding hydrogens is 280 g/mol. The van der Waals surface area contributed by atoms with E-state index in [1.54, 1.807) is 0 Å². The van der Waals surface area contributed by atoms with E-state index in [9.17, 15) is 18.4 Å². The fraction of sp³-hybridized carbons (Fsp3) is 0.467. The number of halogens is 2. The number of hydrogen-bond donors (Lipinski definition) is 1. The lowest BCUT2D eigenvalue weighted by Crippen LogP contribution is -2.39. The molecule has 2 aliphatic rings. The Bertz CT molecular complexity index is 584. The van der Waals surface area contributed by atoms with Gasteiger partial charge in [-0.25, -0.2) is 8.78 Å². The molecule has 2 fully saturated rings. The Labute approximate surface area is 120 Å². The Morgan fingerprint density at radius 2 is 1.90 bits per heavy atom. The van der Waals surface area contributed by atoms with Gasteiger partial charge in [-0.15, -0.1) is 0 Å². The summed E-state index contributed by atoms with van der Waals surface area (Å²) in [4.78, 5) is 25.0. The summed E-state index contributed by atoms with van der Waals surface area (Å²) in [5, 5.41) is 9.15. The van der Waals surface area contributed by atoms with Crippen LogP contribution in [0.3, 0.4) is 0 Å². The third kappa shape index (κ3) is 2.28. The molecule has 4 nitrogen and oxygen atoms in total. The zero-order valence-electron chi connectivity index (χ0n) is 11.3. The number of nitrogens with zero attached hydrogens (tertiary/aromatic N) is 1. The second kappa shape index (κ2) is 5.09. The normalized spacial score (nSPS) is 27.1. The summed E-state index contributed by atoms with van der Waals surface area (Å²) in [6, 6.07) is 3.03. The molecule has 2 aliphatic heterocycles. The predicted molar refractivity (Wildman–Crippen MR) is 69.5 cm³/mol. The molecule has 2 heterocycles. The lowest BCUT2D eigenvalue weighted by molar-refractivity contribution is -0.143. The lowest BCUT2D eigenvalue weighted by Gasteiger charge is -2.23. The first kappa shape index (κ1) is 14.0. The maximum atomic E-state index is 13.6. The number of amides is 1. The molecule has 1 N–H and O–H groups in total. The van der Waals surface area contributed by atoms with E-state index < -0.39 is 29.4 Å². The van der Waals surface area contributed by atoms with E-state index in [4.69, 9.17) is 5.11 Å². The van der Waals surface area contributed by atoms with Crippen molar-refractivity contribution in [2.45, 2.75) is 37.8 Å². The van der Waals surface area contributed by atoms with Crippen molar-refractivity contribution in [1.29, 1.82) is 0 Å². The molecule has 2 bridgehead atoms. The Kier molecular flexibility index (Phi) is 3.39. The van der Waals surface area contributed by atoms with Crippen LogP contribution >= 0.6 is 0 Å². The van der Waals surface area contributed by atoms with Crippen LogP contribution in [0.5, 0.6) is 0 Å². The van der Waals surface area contributed by atoms with Crippen LogP contribution in [-0.2, 0) is 16.0 Å². The molecule has 0 radical (unpaired) electrons. The first-order valence-electron chi connectivity index (χ1n) is 6.96. The molecule has 0 spiro atoms. The largest absolute Gasteiger partial charge is 0.481 e. The fourth-order valence-corrected chi connectivity index (χ4v) is 3.59. The van der Waals surface area contributed by atoms with E-state index in [1.807, 2.05) is 0 Å². The van der Waals surface area contributed by atoms with Gasteiger partial charge in [-0.2, -0.15) is 0 Å². The standard InChI is InChI=1S/C15H15F2NO3/c16-11-2-1-3-12(17)9(11)7-14(19)18-8-4-5-13(18)10(6-8)15(20)21/h1-3,8,10,13H,4-7H2,(H,20,21). The van der Waals surface area contributed by atoms with Crippen molar-refractivity contribution in [3.63, 3.8) is 0 Å². The number of aliphatic carboxylic acids is 1. The van der Waals surface area contributed by atoms with Crippen LogP contribution in [0.25, 0.3) is 0 Å². The van der Waals surface area contributed by atoms with Crippen LogP contribution < -0.4 is 0 Å². The third-order valence-corrected chi connectivity index (χ3v) is 4.53. The lowest BCUT2D eigenvalue weighted by atomic mass is 9.89. The summed E-state index contributed by atoms with van der Waals surface area (Å²) >= 11 is 0. The van der Waals surface area contributed by atoms with Crippen LogP contribution in [-0.4, -0.2) is 34.0 Å². The summed E-state index contributed by atoms with van der Waals surface area (Å²) in [6.07, 6.45) is 1.48. The average molecular weight is 295 g/mol. The van der Waals surface area contributed by atoms with Crippen LogP contribution in [0.1, 0.15) is 24.8 Å². The molecular formula is C15H15F2NO3. The molecule has 1 aromatic carbocycles. The van der Waals surface area contributed by atoms with E-state index in [0.717, 1.165) is 18.6 Å². The Morgan fingerprint density at radius 1 is 1.24 bits per heavy atom. The van der Waals surface area contributed by atoms with Gasteiger partial charge in [0, 0.05) is 17.6 Å². The van der Waals surface area contributed by atoms with Crippen LogP contribution in [0, 0.1) is 17.6 Å². The van der Waals surface area contributed by atoms with Gasteiger partial charge in [0.1, 0.15) is 11.6 Å². The summed E-state index contributed by atoms with van der Waals surface area (Å²) < 4.78 is 27.2. The Hall–Kier alpha value is -1.98.